The van der Waals surface area contributed by atoms with Gasteiger partial charge in [-0.3, -0.25) is 0 Å². The van der Waals surface area contributed by atoms with E-state index >= 15 is 0 Å². The molecule has 0 amide bonds. The van der Waals surface area contributed by atoms with E-state index < -0.39 is 40.1 Å². The number of hydrogen-bond donors (Lipinski definition) is 6. The second-order valence-electron chi connectivity index (χ2n) is 3.37. The number of benzene rings is 1. The molecule has 0 aliphatic carbocycles. The van der Waals surface area contributed by atoms with Gasteiger partial charge < -0.3 is 30.6 Å². The van der Waals surface area contributed by atoms with Gasteiger partial charge in [-0.1, -0.05) is 0 Å². The highest BCUT2D eigenvalue weighted by molar-refractivity contribution is 5.81. The van der Waals surface area contributed by atoms with Crippen LogP contribution in [0.4, 0.5) is 0 Å². The van der Waals surface area contributed by atoms with E-state index in [0.717, 1.165) is 6.92 Å². The predicted octanol–water partition coefficient (Wildman–Crippen LogP) is -0.199. The molecule has 0 aromatic heterocycles. The van der Waals surface area contributed by atoms with E-state index in [9.17, 15) is 15.0 Å². The number of phenols is 4. The van der Waals surface area contributed by atoms with Crippen LogP contribution in [0, 0.1) is 0 Å². The first-order valence-electron chi connectivity index (χ1n) is 4.12. The third-order valence-electron chi connectivity index (χ3n) is 2.17. The van der Waals surface area contributed by atoms with Gasteiger partial charge in [-0.15, -0.1) is 0 Å². The summed E-state index contributed by atoms with van der Waals surface area (Å²) in [5.74, 6) is -5.65. The third kappa shape index (κ3) is 1.57. The Bertz CT molecular complexity index is 450. The summed E-state index contributed by atoms with van der Waals surface area (Å²) in [6.45, 7) is 0.848. The average Bonchev–Trinajstić information content (AvgIpc) is 2.19. The van der Waals surface area contributed by atoms with Gasteiger partial charge >= 0.3 is 5.97 Å². The van der Waals surface area contributed by atoms with Crippen molar-refractivity contribution in [2.24, 2.45) is 0 Å². The van der Waals surface area contributed by atoms with E-state index in [1.54, 1.807) is 0 Å². The zero-order valence-electron chi connectivity index (χ0n) is 8.17. The minimum absolute atomic E-state index is 0.632. The van der Waals surface area contributed by atoms with E-state index in [1.807, 2.05) is 0 Å². The molecular formula is C9H10O7. The summed E-state index contributed by atoms with van der Waals surface area (Å²) < 4.78 is 0. The molecule has 0 fully saturated rings. The Kier molecular flexibility index (Phi) is 2.58. The summed E-state index contributed by atoms with van der Waals surface area (Å²) >= 11 is 0. The van der Waals surface area contributed by atoms with E-state index in [-0.39, 0.29) is 0 Å². The van der Waals surface area contributed by atoms with Crippen molar-refractivity contribution in [3.8, 4) is 23.0 Å². The van der Waals surface area contributed by atoms with Gasteiger partial charge in [0.2, 0.25) is 11.5 Å². The van der Waals surface area contributed by atoms with Crippen LogP contribution in [0.3, 0.4) is 0 Å². The first kappa shape index (κ1) is 11.9. The van der Waals surface area contributed by atoms with Gasteiger partial charge in [0.15, 0.2) is 17.1 Å². The highest BCUT2D eigenvalue weighted by Crippen LogP contribution is 2.46. The molecule has 7 nitrogen and oxygen atoms in total. The lowest BCUT2D eigenvalue weighted by Gasteiger charge is -2.20. The van der Waals surface area contributed by atoms with E-state index in [1.165, 1.54) is 0 Å². The van der Waals surface area contributed by atoms with Crippen LogP contribution in [0.2, 0.25) is 0 Å². The molecule has 0 heterocycles. The summed E-state index contributed by atoms with van der Waals surface area (Å²) in [6, 6.07) is 0.651. The fourth-order valence-corrected chi connectivity index (χ4v) is 1.12. The van der Waals surface area contributed by atoms with Crippen LogP contribution >= 0.6 is 0 Å². The van der Waals surface area contributed by atoms with Gasteiger partial charge in [0.1, 0.15) is 0 Å². The number of rotatable bonds is 2. The van der Waals surface area contributed by atoms with Crippen molar-refractivity contribution < 1.29 is 35.4 Å². The molecule has 16 heavy (non-hydrogen) atoms. The Labute approximate surface area is 89.5 Å². The summed E-state index contributed by atoms with van der Waals surface area (Å²) in [7, 11) is 0. The number of hydrogen-bond acceptors (Lipinski definition) is 6. The monoisotopic (exact) mass is 230 g/mol. The lowest BCUT2D eigenvalue weighted by molar-refractivity contribution is -0.157. The molecule has 0 saturated carbocycles. The van der Waals surface area contributed by atoms with Gasteiger partial charge in [-0.05, 0) is 13.0 Å². The topological polar surface area (TPSA) is 138 Å². The zero-order valence-corrected chi connectivity index (χ0v) is 8.17. The maximum absolute atomic E-state index is 10.7. The number of carboxylic acid groups (broad SMARTS) is 1. The van der Waals surface area contributed by atoms with Crippen LogP contribution < -0.4 is 0 Å². The number of aliphatic carboxylic acids is 1. The first-order chi connectivity index (χ1) is 7.19. The Morgan fingerprint density at radius 1 is 1.12 bits per heavy atom. The van der Waals surface area contributed by atoms with Gasteiger partial charge in [0.05, 0.1) is 0 Å². The van der Waals surface area contributed by atoms with Crippen molar-refractivity contribution in [3.63, 3.8) is 0 Å². The third-order valence-corrected chi connectivity index (χ3v) is 2.17. The molecule has 0 aliphatic rings. The van der Waals surface area contributed by atoms with Crippen LogP contribution in [0.5, 0.6) is 23.0 Å². The molecular weight excluding hydrogens is 220 g/mol. The Morgan fingerprint density at radius 2 is 1.62 bits per heavy atom. The van der Waals surface area contributed by atoms with Crippen LogP contribution in [0.15, 0.2) is 6.07 Å². The zero-order chi connectivity index (χ0) is 12.7. The van der Waals surface area contributed by atoms with E-state index in [4.69, 9.17) is 20.4 Å². The van der Waals surface area contributed by atoms with Crippen molar-refractivity contribution in [2.75, 3.05) is 0 Å². The van der Waals surface area contributed by atoms with Crippen molar-refractivity contribution in [1.29, 1.82) is 0 Å². The van der Waals surface area contributed by atoms with E-state index in [2.05, 4.69) is 0 Å². The molecule has 0 radical (unpaired) electrons. The highest BCUT2D eigenvalue weighted by Gasteiger charge is 2.37. The van der Waals surface area contributed by atoms with Gasteiger partial charge in [0.25, 0.3) is 0 Å². The smallest absolute Gasteiger partial charge is 0.340 e. The second kappa shape index (κ2) is 3.46. The minimum Gasteiger partial charge on any atom is -0.504 e. The fraction of sp³-hybridized carbons (Fsp3) is 0.222. The fourth-order valence-electron chi connectivity index (χ4n) is 1.12. The Hall–Kier alpha value is -2.15. The number of carboxylic acids is 1. The number of carbonyl (C=O) groups is 1. The molecule has 0 bridgehead atoms. The highest BCUT2D eigenvalue weighted by atomic mass is 16.4. The average molecular weight is 230 g/mol. The molecule has 1 atom stereocenters. The van der Waals surface area contributed by atoms with Crippen molar-refractivity contribution in [2.45, 2.75) is 12.5 Å². The van der Waals surface area contributed by atoms with Gasteiger partial charge in [-0.2, -0.15) is 0 Å². The molecule has 1 unspecified atom stereocenters. The standard InChI is InChI=1S/C9H10O7/c1-9(16,8(14)15)3-2-4(10)6(12)7(13)5(3)11/h2,10-13,16H,1H3,(H,14,15). The van der Waals surface area contributed by atoms with Crippen LogP contribution in [-0.4, -0.2) is 36.6 Å². The number of aromatic hydroxyl groups is 4. The van der Waals surface area contributed by atoms with Crippen LogP contribution in [0.1, 0.15) is 12.5 Å². The molecule has 1 aromatic rings. The Balaban J connectivity index is 3.54. The molecule has 0 spiro atoms. The largest absolute Gasteiger partial charge is 0.504 e. The van der Waals surface area contributed by atoms with Crippen molar-refractivity contribution in [3.05, 3.63) is 11.6 Å². The second-order valence-corrected chi connectivity index (χ2v) is 3.37. The lowest BCUT2D eigenvalue weighted by Crippen LogP contribution is -2.31. The molecule has 1 rings (SSSR count). The maximum atomic E-state index is 10.7. The first-order valence-corrected chi connectivity index (χ1v) is 4.12. The van der Waals surface area contributed by atoms with Crippen molar-refractivity contribution >= 4 is 5.97 Å². The molecule has 0 aliphatic heterocycles. The van der Waals surface area contributed by atoms with Crippen LogP contribution in [-0.2, 0) is 10.4 Å². The van der Waals surface area contributed by atoms with Crippen molar-refractivity contribution in [1.82, 2.24) is 0 Å². The normalized spacial score (nSPS) is 14.4. The molecule has 1 aromatic carbocycles. The predicted molar refractivity (Wildman–Crippen MR) is 50.3 cm³/mol. The Morgan fingerprint density at radius 3 is 2.06 bits per heavy atom. The van der Waals surface area contributed by atoms with E-state index in [0.29, 0.717) is 6.07 Å². The summed E-state index contributed by atoms with van der Waals surface area (Å²) in [5.41, 5.74) is -3.14. The molecule has 0 saturated heterocycles. The molecule has 7 heteroatoms. The minimum atomic E-state index is -2.51. The maximum Gasteiger partial charge on any atom is 0.340 e. The molecule has 88 valence electrons. The van der Waals surface area contributed by atoms with Crippen LogP contribution in [0.25, 0.3) is 0 Å². The summed E-state index contributed by atoms with van der Waals surface area (Å²) in [5, 5.41) is 54.8. The van der Waals surface area contributed by atoms with Gasteiger partial charge in [-0.25, -0.2) is 4.79 Å². The SMILES string of the molecule is CC(O)(C(=O)O)c1cc(O)c(O)c(O)c1O. The summed E-state index contributed by atoms with van der Waals surface area (Å²) in [6.07, 6.45) is 0. The molecule has 6 N–H and O–H groups in total. The quantitative estimate of drug-likeness (QED) is 0.305. The summed E-state index contributed by atoms with van der Waals surface area (Å²) in [4.78, 5) is 10.7. The van der Waals surface area contributed by atoms with Gasteiger partial charge in [0, 0.05) is 5.56 Å². The number of phenolic OH excluding ortho intramolecular Hbond substituents is 4. The number of aliphatic hydroxyl groups is 1. The lowest BCUT2D eigenvalue weighted by atomic mass is 9.94.